The molecule has 5 heteroatoms. The van der Waals surface area contributed by atoms with E-state index in [0.29, 0.717) is 24.5 Å². The predicted octanol–water partition coefficient (Wildman–Crippen LogP) is 3.77. The standard InChI is InChI=1S/C18H24ClNO3/c1-17(2,3)16(22)23-20-11-8-18(9-12-20,10-13-21)14-4-6-15(19)7-5-14/h4-7,13H,8-12H2,1-3H3. The molecule has 0 radical (unpaired) electrons. The lowest BCUT2D eigenvalue weighted by atomic mass is 9.71. The molecule has 0 amide bonds. The summed E-state index contributed by atoms with van der Waals surface area (Å²) in [5.74, 6) is -0.230. The molecule has 2 rings (SSSR count). The van der Waals surface area contributed by atoms with E-state index in [1.807, 2.05) is 45.0 Å². The molecule has 0 unspecified atom stereocenters. The van der Waals surface area contributed by atoms with Crippen LogP contribution in [0.2, 0.25) is 5.02 Å². The Kier molecular flexibility index (Phi) is 5.48. The number of hydrogen-bond donors (Lipinski definition) is 0. The molecule has 126 valence electrons. The Bertz CT molecular complexity index is 555. The van der Waals surface area contributed by atoms with Gasteiger partial charge in [0.05, 0.1) is 5.41 Å². The maximum atomic E-state index is 12.0. The van der Waals surface area contributed by atoms with E-state index in [-0.39, 0.29) is 11.4 Å². The fourth-order valence-corrected chi connectivity index (χ4v) is 2.96. The first-order chi connectivity index (χ1) is 10.8. The molecule has 0 bridgehead atoms. The second-order valence-corrected chi connectivity index (χ2v) is 7.65. The van der Waals surface area contributed by atoms with Crippen molar-refractivity contribution in [2.45, 2.75) is 45.4 Å². The van der Waals surface area contributed by atoms with E-state index in [1.165, 1.54) is 0 Å². The van der Waals surface area contributed by atoms with Crippen LogP contribution >= 0.6 is 11.6 Å². The number of hydrogen-bond acceptors (Lipinski definition) is 4. The summed E-state index contributed by atoms with van der Waals surface area (Å²) in [5.41, 5.74) is 0.403. The van der Waals surface area contributed by atoms with Gasteiger partial charge in [0.25, 0.3) is 0 Å². The summed E-state index contributed by atoms with van der Waals surface area (Å²) in [7, 11) is 0. The zero-order valence-corrected chi connectivity index (χ0v) is 14.7. The molecule has 1 aliphatic rings. The Balaban J connectivity index is 2.07. The zero-order chi connectivity index (χ0) is 17.1. The molecule has 0 atom stereocenters. The van der Waals surface area contributed by atoms with Crippen molar-refractivity contribution in [2.24, 2.45) is 5.41 Å². The monoisotopic (exact) mass is 337 g/mol. The molecule has 1 aromatic rings. The minimum atomic E-state index is -0.520. The van der Waals surface area contributed by atoms with Gasteiger partial charge < -0.3 is 9.63 Å². The number of piperidine rings is 1. The Labute approximate surface area is 142 Å². The average molecular weight is 338 g/mol. The van der Waals surface area contributed by atoms with Crippen LogP contribution in [0.1, 0.15) is 45.6 Å². The molecule has 0 aromatic heterocycles. The van der Waals surface area contributed by atoms with E-state index < -0.39 is 5.41 Å². The van der Waals surface area contributed by atoms with Crippen LogP contribution in [0.4, 0.5) is 0 Å². The minimum Gasteiger partial charge on any atom is -0.367 e. The van der Waals surface area contributed by atoms with Gasteiger partial charge in [0.15, 0.2) is 0 Å². The highest BCUT2D eigenvalue weighted by Crippen LogP contribution is 2.38. The fourth-order valence-electron chi connectivity index (χ4n) is 2.83. The van der Waals surface area contributed by atoms with E-state index in [4.69, 9.17) is 16.4 Å². The predicted molar refractivity (Wildman–Crippen MR) is 90.2 cm³/mol. The van der Waals surface area contributed by atoms with Crippen molar-refractivity contribution in [3.63, 3.8) is 0 Å². The van der Waals surface area contributed by atoms with Gasteiger partial charge >= 0.3 is 5.97 Å². The van der Waals surface area contributed by atoms with Crippen molar-refractivity contribution in [1.82, 2.24) is 5.06 Å². The SMILES string of the molecule is CC(C)(C)C(=O)ON1CCC(CC=O)(c2ccc(Cl)cc2)CC1. The van der Waals surface area contributed by atoms with Gasteiger partial charge in [-0.3, -0.25) is 0 Å². The van der Waals surface area contributed by atoms with Gasteiger partial charge in [-0.2, -0.15) is 0 Å². The number of carbonyl (C=O) groups is 2. The van der Waals surface area contributed by atoms with Crippen molar-refractivity contribution < 1.29 is 14.4 Å². The van der Waals surface area contributed by atoms with E-state index in [2.05, 4.69) is 0 Å². The van der Waals surface area contributed by atoms with E-state index in [9.17, 15) is 9.59 Å². The zero-order valence-electron chi connectivity index (χ0n) is 14.0. The van der Waals surface area contributed by atoms with Gasteiger partial charge in [0.1, 0.15) is 6.29 Å². The largest absolute Gasteiger partial charge is 0.367 e. The van der Waals surface area contributed by atoms with Crippen LogP contribution < -0.4 is 0 Å². The van der Waals surface area contributed by atoms with Crippen molar-refractivity contribution in [2.75, 3.05) is 13.1 Å². The summed E-state index contributed by atoms with van der Waals surface area (Å²) < 4.78 is 0. The van der Waals surface area contributed by atoms with Gasteiger partial charge in [0, 0.05) is 29.9 Å². The van der Waals surface area contributed by atoms with E-state index in [0.717, 1.165) is 24.7 Å². The summed E-state index contributed by atoms with van der Waals surface area (Å²) in [5, 5.41) is 2.40. The van der Waals surface area contributed by atoms with Gasteiger partial charge in [-0.25, -0.2) is 4.79 Å². The van der Waals surface area contributed by atoms with Crippen molar-refractivity contribution in [1.29, 1.82) is 0 Å². The lowest BCUT2D eigenvalue weighted by Crippen LogP contribution is -2.45. The Morgan fingerprint density at radius 2 is 1.83 bits per heavy atom. The summed E-state index contributed by atoms with van der Waals surface area (Å²) in [6.45, 7) is 6.76. The highest BCUT2D eigenvalue weighted by atomic mass is 35.5. The molecule has 0 aliphatic carbocycles. The second kappa shape index (κ2) is 7.02. The summed E-state index contributed by atoms with van der Waals surface area (Å²) in [6, 6.07) is 7.69. The van der Waals surface area contributed by atoms with Crippen LogP contribution in [0.25, 0.3) is 0 Å². The molecular weight excluding hydrogens is 314 g/mol. The smallest absolute Gasteiger partial charge is 0.330 e. The van der Waals surface area contributed by atoms with Crippen LogP contribution in [0, 0.1) is 5.41 Å². The lowest BCUT2D eigenvalue weighted by Gasteiger charge is -2.40. The molecule has 1 saturated heterocycles. The third-order valence-corrected chi connectivity index (χ3v) is 4.69. The van der Waals surface area contributed by atoms with Crippen molar-refractivity contribution in [3.8, 4) is 0 Å². The molecule has 0 spiro atoms. The van der Waals surface area contributed by atoms with Crippen molar-refractivity contribution >= 4 is 23.9 Å². The number of halogens is 1. The molecule has 23 heavy (non-hydrogen) atoms. The number of rotatable bonds is 4. The van der Waals surface area contributed by atoms with Crippen LogP contribution in [0.3, 0.4) is 0 Å². The molecule has 1 aliphatic heterocycles. The number of carbonyl (C=O) groups excluding carboxylic acids is 2. The highest BCUT2D eigenvalue weighted by Gasteiger charge is 2.38. The van der Waals surface area contributed by atoms with Gasteiger partial charge in [-0.15, -0.1) is 5.06 Å². The maximum absolute atomic E-state index is 12.0. The summed E-state index contributed by atoms with van der Waals surface area (Å²) in [4.78, 5) is 28.6. The second-order valence-electron chi connectivity index (χ2n) is 7.22. The van der Waals surface area contributed by atoms with Crippen LogP contribution in [0.5, 0.6) is 0 Å². The number of nitrogens with zero attached hydrogens (tertiary/aromatic N) is 1. The van der Waals surface area contributed by atoms with E-state index >= 15 is 0 Å². The minimum absolute atomic E-state index is 0.197. The van der Waals surface area contributed by atoms with Gasteiger partial charge in [-0.1, -0.05) is 23.7 Å². The number of aldehydes is 1. The molecule has 0 saturated carbocycles. The summed E-state index contributed by atoms with van der Waals surface area (Å²) >= 11 is 5.96. The average Bonchev–Trinajstić information content (AvgIpc) is 2.49. The maximum Gasteiger partial charge on any atom is 0.330 e. The number of benzene rings is 1. The van der Waals surface area contributed by atoms with Gasteiger partial charge in [-0.05, 0) is 51.3 Å². The summed E-state index contributed by atoms with van der Waals surface area (Å²) in [6.07, 6.45) is 2.98. The molecule has 4 nitrogen and oxygen atoms in total. The topological polar surface area (TPSA) is 46.6 Å². The van der Waals surface area contributed by atoms with Crippen LogP contribution in [0.15, 0.2) is 24.3 Å². The Hall–Kier alpha value is -1.39. The fraction of sp³-hybridized carbons (Fsp3) is 0.556. The van der Waals surface area contributed by atoms with Crippen LogP contribution in [-0.4, -0.2) is 30.4 Å². The molecule has 1 heterocycles. The molecule has 1 aromatic carbocycles. The van der Waals surface area contributed by atoms with Crippen LogP contribution in [-0.2, 0) is 19.8 Å². The third-order valence-electron chi connectivity index (χ3n) is 4.43. The Morgan fingerprint density at radius 3 is 2.30 bits per heavy atom. The van der Waals surface area contributed by atoms with Crippen molar-refractivity contribution in [3.05, 3.63) is 34.9 Å². The normalized spacial score (nSPS) is 18.4. The lowest BCUT2D eigenvalue weighted by molar-refractivity contribution is -0.207. The third kappa shape index (κ3) is 4.33. The first-order valence-corrected chi connectivity index (χ1v) is 8.32. The highest BCUT2D eigenvalue weighted by molar-refractivity contribution is 6.30. The van der Waals surface area contributed by atoms with E-state index in [1.54, 1.807) is 5.06 Å². The molecule has 0 N–H and O–H groups in total. The Morgan fingerprint density at radius 1 is 1.26 bits per heavy atom. The number of hydroxylamine groups is 2. The molecular formula is C18H24ClNO3. The first kappa shape index (κ1) is 18.0. The first-order valence-electron chi connectivity index (χ1n) is 7.94. The quantitative estimate of drug-likeness (QED) is 0.785. The molecule has 1 fully saturated rings. The van der Waals surface area contributed by atoms with Gasteiger partial charge in [0.2, 0.25) is 0 Å².